The third kappa shape index (κ3) is 1.72. The van der Waals surface area contributed by atoms with Gasteiger partial charge in [0.1, 0.15) is 0 Å². The van der Waals surface area contributed by atoms with Crippen LogP contribution in [0, 0.1) is 0 Å². The first-order valence-electron chi connectivity index (χ1n) is 5.11. The van der Waals surface area contributed by atoms with Gasteiger partial charge in [0, 0.05) is 5.39 Å². The van der Waals surface area contributed by atoms with Gasteiger partial charge >= 0.3 is 0 Å². The van der Waals surface area contributed by atoms with Crippen LogP contribution < -0.4 is 4.72 Å². The maximum absolute atomic E-state index is 12.0. The minimum atomic E-state index is -3.66. The number of benzene rings is 1. The lowest BCUT2D eigenvalue weighted by Gasteiger charge is -2.06. The van der Waals surface area contributed by atoms with Crippen LogP contribution in [-0.4, -0.2) is 28.8 Å². The number of aromatic nitrogens is 4. The average Bonchev–Trinajstić information content (AvgIpc) is 3.00. The third-order valence-electron chi connectivity index (χ3n) is 2.49. The Kier molecular flexibility index (Phi) is 2.30. The lowest BCUT2D eigenvalue weighted by atomic mass is 10.2. The average molecular weight is 263 g/mol. The van der Waals surface area contributed by atoms with Crippen LogP contribution in [0.25, 0.3) is 10.9 Å². The summed E-state index contributed by atoms with van der Waals surface area (Å²) in [5.74, 6) is 0. The van der Waals surface area contributed by atoms with Crippen LogP contribution >= 0.6 is 0 Å². The number of nitrogens with one attached hydrogen (secondary N) is 3. The zero-order valence-corrected chi connectivity index (χ0v) is 9.90. The number of hydrogen-bond acceptors (Lipinski definition) is 4. The van der Waals surface area contributed by atoms with E-state index in [0.29, 0.717) is 11.2 Å². The number of rotatable bonds is 3. The molecule has 0 saturated carbocycles. The summed E-state index contributed by atoms with van der Waals surface area (Å²) in [5.41, 5.74) is 1.08. The summed E-state index contributed by atoms with van der Waals surface area (Å²) in [6, 6.07) is 6.64. The molecule has 0 spiro atoms. The van der Waals surface area contributed by atoms with E-state index in [-0.39, 0.29) is 5.03 Å². The van der Waals surface area contributed by atoms with E-state index in [2.05, 4.69) is 25.1 Å². The summed E-state index contributed by atoms with van der Waals surface area (Å²) in [6.45, 7) is 0. The highest BCUT2D eigenvalue weighted by Crippen LogP contribution is 2.22. The van der Waals surface area contributed by atoms with Crippen LogP contribution in [0.5, 0.6) is 0 Å². The molecule has 8 heteroatoms. The van der Waals surface area contributed by atoms with Crippen LogP contribution in [0.4, 0.5) is 5.69 Å². The second-order valence-electron chi connectivity index (χ2n) is 3.67. The van der Waals surface area contributed by atoms with Crippen molar-refractivity contribution in [2.45, 2.75) is 5.03 Å². The minimum Gasteiger partial charge on any atom is -0.276 e. The van der Waals surface area contributed by atoms with Crippen molar-refractivity contribution < 1.29 is 8.42 Å². The fourth-order valence-electron chi connectivity index (χ4n) is 1.65. The molecule has 0 radical (unpaired) electrons. The minimum absolute atomic E-state index is 0.0130. The Bertz CT molecular complexity index is 776. The SMILES string of the molecule is O=S(=O)(Nc1cccc2cn[nH]c12)c1ccn[nH]1. The molecule has 0 aliphatic rings. The van der Waals surface area contributed by atoms with Crippen molar-refractivity contribution in [2.24, 2.45) is 0 Å². The quantitative estimate of drug-likeness (QED) is 0.658. The topological polar surface area (TPSA) is 104 Å². The molecule has 0 aliphatic heterocycles. The Morgan fingerprint density at radius 1 is 1.11 bits per heavy atom. The van der Waals surface area contributed by atoms with Gasteiger partial charge in [0.25, 0.3) is 10.0 Å². The zero-order chi connectivity index (χ0) is 12.6. The molecule has 18 heavy (non-hydrogen) atoms. The highest BCUT2D eigenvalue weighted by atomic mass is 32.2. The number of H-pyrrole nitrogens is 2. The van der Waals surface area contributed by atoms with E-state index in [1.54, 1.807) is 18.3 Å². The second kappa shape index (κ2) is 3.84. The van der Waals surface area contributed by atoms with Gasteiger partial charge in [-0.3, -0.25) is 14.9 Å². The summed E-state index contributed by atoms with van der Waals surface area (Å²) in [5, 5.41) is 13.5. The summed E-state index contributed by atoms with van der Waals surface area (Å²) < 4.78 is 26.5. The van der Waals surface area contributed by atoms with Crippen LogP contribution in [0.2, 0.25) is 0 Å². The van der Waals surface area contributed by atoms with Crippen molar-refractivity contribution >= 4 is 26.6 Å². The number of sulfonamides is 1. The lowest BCUT2D eigenvalue weighted by Crippen LogP contribution is -2.13. The van der Waals surface area contributed by atoms with Crippen LogP contribution in [0.1, 0.15) is 0 Å². The number of anilines is 1. The van der Waals surface area contributed by atoms with Crippen molar-refractivity contribution in [2.75, 3.05) is 4.72 Å². The van der Waals surface area contributed by atoms with Gasteiger partial charge in [-0.15, -0.1) is 0 Å². The van der Waals surface area contributed by atoms with Crippen molar-refractivity contribution in [3.05, 3.63) is 36.7 Å². The molecule has 0 aliphatic carbocycles. The van der Waals surface area contributed by atoms with Crippen LogP contribution in [0.15, 0.2) is 41.7 Å². The Hall–Kier alpha value is -2.35. The first-order valence-corrected chi connectivity index (χ1v) is 6.59. The molecular formula is C10H9N5O2S. The molecule has 2 aromatic heterocycles. The molecule has 0 atom stereocenters. The van der Waals surface area contributed by atoms with E-state index in [0.717, 1.165) is 5.39 Å². The number of fused-ring (bicyclic) bond motifs is 1. The normalized spacial score (nSPS) is 11.8. The second-order valence-corrected chi connectivity index (χ2v) is 5.32. The van der Waals surface area contributed by atoms with E-state index in [4.69, 9.17) is 0 Å². The molecule has 3 rings (SSSR count). The number of aromatic amines is 2. The van der Waals surface area contributed by atoms with Gasteiger partial charge in [-0.25, -0.2) is 0 Å². The smallest absolute Gasteiger partial charge is 0.276 e. The fraction of sp³-hybridized carbons (Fsp3) is 0. The van der Waals surface area contributed by atoms with Gasteiger partial charge in [0.05, 0.1) is 23.6 Å². The molecule has 0 saturated heterocycles. The first-order chi connectivity index (χ1) is 8.67. The van der Waals surface area contributed by atoms with Gasteiger partial charge in [-0.2, -0.15) is 18.6 Å². The zero-order valence-electron chi connectivity index (χ0n) is 9.08. The molecule has 0 amide bonds. The van der Waals surface area contributed by atoms with Crippen molar-refractivity contribution in [1.29, 1.82) is 0 Å². The van der Waals surface area contributed by atoms with Gasteiger partial charge < -0.3 is 0 Å². The standard InChI is InChI=1S/C10H9N5O2S/c16-18(17,9-4-5-11-13-9)15-8-3-1-2-7-6-12-14-10(7)8/h1-6,15H,(H,11,13)(H,12,14). The van der Waals surface area contributed by atoms with Gasteiger partial charge in [-0.1, -0.05) is 12.1 Å². The lowest BCUT2D eigenvalue weighted by molar-refractivity contribution is 0.597. The molecule has 2 heterocycles. The molecule has 3 aromatic rings. The van der Waals surface area contributed by atoms with E-state index >= 15 is 0 Å². The molecule has 92 valence electrons. The summed E-state index contributed by atoms with van der Waals surface area (Å²) >= 11 is 0. The van der Waals surface area contributed by atoms with E-state index in [9.17, 15) is 8.42 Å². The predicted octanol–water partition coefficient (Wildman–Crippen LogP) is 1.09. The van der Waals surface area contributed by atoms with E-state index in [1.807, 2.05) is 6.07 Å². The molecule has 0 bridgehead atoms. The number of nitrogens with zero attached hydrogens (tertiary/aromatic N) is 2. The van der Waals surface area contributed by atoms with Gasteiger partial charge in [0.15, 0.2) is 5.03 Å². The van der Waals surface area contributed by atoms with Gasteiger partial charge in [0.2, 0.25) is 0 Å². The van der Waals surface area contributed by atoms with E-state index < -0.39 is 10.0 Å². The number of para-hydroxylation sites is 1. The van der Waals surface area contributed by atoms with Crippen LogP contribution in [0.3, 0.4) is 0 Å². The first kappa shape index (κ1) is 10.8. The Balaban J connectivity index is 2.05. The summed E-state index contributed by atoms with van der Waals surface area (Å²) in [6.07, 6.45) is 3.01. The molecule has 1 aromatic carbocycles. The molecule has 7 nitrogen and oxygen atoms in total. The molecule has 3 N–H and O–H groups in total. The van der Waals surface area contributed by atoms with E-state index in [1.165, 1.54) is 12.3 Å². The van der Waals surface area contributed by atoms with Gasteiger partial charge in [-0.05, 0) is 12.1 Å². The maximum Gasteiger partial charge on any atom is 0.278 e. The third-order valence-corrected chi connectivity index (χ3v) is 3.78. The molecular weight excluding hydrogens is 254 g/mol. The highest BCUT2D eigenvalue weighted by Gasteiger charge is 2.17. The Labute approximate surface area is 102 Å². The maximum atomic E-state index is 12.0. The number of hydrogen-bond donors (Lipinski definition) is 3. The molecule has 0 unspecified atom stereocenters. The van der Waals surface area contributed by atoms with Crippen molar-refractivity contribution in [3.63, 3.8) is 0 Å². The summed E-state index contributed by atoms with van der Waals surface area (Å²) in [4.78, 5) is 0. The largest absolute Gasteiger partial charge is 0.278 e. The summed E-state index contributed by atoms with van der Waals surface area (Å²) in [7, 11) is -3.66. The van der Waals surface area contributed by atoms with Crippen molar-refractivity contribution in [1.82, 2.24) is 20.4 Å². The highest BCUT2D eigenvalue weighted by molar-refractivity contribution is 7.92. The Morgan fingerprint density at radius 2 is 2.00 bits per heavy atom. The van der Waals surface area contributed by atoms with Crippen molar-refractivity contribution in [3.8, 4) is 0 Å². The molecule has 0 fully saturated rings. The van der Waals surface area contributed by atoms with Crippen LogP contribution in [-0.2, 0) is 10.0 Å². The predicted molar refractivity (Wildman–Crippen MR) is 65.5 cm³/mol. The Morgan fingerprint density at radius 3 is 2.78 bits per heavy atom. The fourth-order valence-corrected chi connectivity index (χ4v) is 2.63. The monoisotopic (exact) mass is 263 g/mol.